The van der Waals surface area contributed by atoms with Gasteiger partial charge >= 0.3 is 5.97 Å². The van der Waals surface area contributed by atoms with E-state index in [1.54, 1.807) is 25.1 Å². The van der Waals surface area contributed by atoms with E-state index in [1.807, 2.05) is 6.07 Å². The molecule has 9 heteroatoms. The van der Waals surface area contributed by atoms with Crippen LogP contribution in [0.2, 0.25) is 0 Å². The molecule has 0 atom stereocenters. The summed E-state index contributed by atoms with van der Waals surface area (Å²) >= 11 is 1.16. The molecule has 156 valence electrons. The van der Waals surface area contributed by atoms with E-state index < -0.39 is 17.8 Å². The molecule has 30 heavy (non-hydrogen) atoms. The lowest BCUT2D eigenvalue weighted by Gasteiger charge is -2.08. The molecule has 1 amide bonds. The normalized spacial score (nSPS) is 10.4. The lowest BCUT2D eigenvalue weighted by atomic mass is 10.1. The van der Waals surface area contributed by atoms with Gasteiger partial charge in [-0.3, -0.25) is 4.79 Å². The number of carbonyl (C=O) groups excluding carboxylic acids is 2. The minimum Gasteiger partial charge on any atom is -0.493 e. The van der Waals surface area contributed by atoms with E-state index in [9.17, 15) is 14.0 Å². The highest BCUT2D eigenvalue weighted by atomic mass is 32.1. The number of amides is 1. The molecule has 7 nitrogen and oxygen atoms in total. The second-order valence-corrected chi connectivity index (χ2v) is 7.02. The number of carbonyl (C=O) groups is 2. The Kier molecular flexibility index (Phi) is 6.63. The molecule has 0 saturated carbocycles. The number of ether oxygens (including phenoxy) is 3. The molecule has 1 N–H and O–H groups in total. The molecular weight excluding hydrogens is 411 g/mol. The van der Waals surface area contributed by atoms with Gasteiger partial charge in [0.25, 0.3) is 5.91 Å². The molecule has 1 aromatic carbocycles. The molecule has 0 aliphatic rings. The molecule has 0 fully saturated rings. The molecule has 0 aliphatic carbocycles. The summed E-state index contributed by atoms with van der Waals surface area (Å²) in [6, 6.07) is 9.38. The van der Waals surface area contributed by atoms with Crippen LogP contribution in [0.4, 0.5) is 10.1 Å². The highest BCUT2D eigenvalue weighted by Gasteiger charge is 2.21. The first-order valence-corrected chi connectivity index (χ1v) is 9.74. The van der Waals surface area contributed by atoms with E-state index in [0.717, 1.165) is 23.0 Å². The number of nitrogens with zero attached hydrogens (tertiary/aromatic N) is 1. The summed E-state index contributed by atoms with van der Waals surface area (Å²) in [4.78, 5) is 29.3. The van der Waals surface area contributed by atoms with Crippen LogP contribution in [0.15, 0.2) is 42.6 Å². The molecule has 3 rings (SSSR count). The Balaban J connectivity index is 1.99. The number of pyridine rings is 1. The molecule has 0 bridgehead atoms. The predicted molar refractivity (Wildman–Crippen MR) is 111 cm³/mol. The number of thiophene rings is 1. The minimum absolute atomic E-state index is 0.0798. The van der Waals surface area contributed by atoms with E-state index in [0.29, 0.717) is 16.4 Å². The number of hydrogen-bond acceptors (Lipinski definition) is 7. The average Bonchev–Trinajstić information content (AvgIpc) is 3.17. The zero-order chi connectivity index (χ0) is 21.7. The molecule has 3 aromatic rings. The van der Waals surface area contributed by atoms with E-state index in [4.69, 9.17) is 14.2 Å². The number of anilines is 1. The summed E-state index contributed by atoms with van der Waals surface area (Å²) in [5.41, 5.74) is 1.11. The van der Waals surface area contributed by atoms with Crippen molar-refractivity contribution >= 4 is 28.9 Å². The van der Waals surface area contributed by atoms with Crippen molar-refractivity contribution < 1.29 is 28.2 Å². The van der Waals surface area contributed by atoms with Crippen LogP contribution in [0.3, 0.4) is 0 Å². The van der Waals surface area contributed by atoms with E-state index in [2.05, 4.69) is 10.3 Å². The van der Waals surface area contributed by atoms with Crippen molar-refractivity contribution in [3.63, 3.8) is 0 Å². The van der Waals surface area contributed by atoms with Crippen LogP contribution < -0.4 is 14.8 Å². The second kappa shape index (κ2) is 9.36. The van der Waals surface area contributed by atoms with Crippen LogP contribution >= 0.6 is 11.3 Å². The van der Waals surface area contributed by atoms with Gasteiger partial charge in [-0.05, 0) is 42.8 Å². The fourth-order valence-corrected chi connectivity index (χ4v) is 3.71. The molecule has 2 heterocycles. The van der Waals surface area contributed by atoms with E-state index in [1.165, 1.54) is 26.5 Å². The van der Waals surface area contributed by atoms with Gasteiger partial charge in [-0.1, -0.05) is 0 Å². The zero-order valence-electron chi connectivity index (χ0n) is 16.5. The average molecular weight is 430 g/mol. The zero-order valence-corrected chi connectivity index (χ0v) is 17.3. The highest BCUT2D eigenvalue weighted by molar-refractivity contribution is 7.18. The van der Waals surface area contributed by atoms with Gasteiger partial charge in [0, 0.05) is 22.7 Å². The molecule has 0 spiro atoms. The number of rotatable bonds is 7. The Morgan fingerprint density at radius 3 is 2.53 bits per heavy atom. The molecule has 0 saturated heterocycles. The number of hydrogen-bond donors (Lipinski definition) is 1. The van der Waals surface area contributed by atoms with E-state index in [-0.39, 0.29) is 22.7 Å². The molecule has 0 aliphatic heterocycles. The topological polar surface area (TPSA) is 86.8 Å². The Hall–Kier alpha value is -3.46. The van der Waals surface area contributed by atoms with Gasteiger partial charge in [0.05, 0.1) is 26.5 Å². The van der Waals surface area contributed by atoms with Crippen LogP contribution in [0.5, 0.6) is 11.5 Å². The second-order valence-electron chi connectivity index (χ2n) is 5.97. The lowest BCUT2D eigenvalue weighted by Crippen LogP contribution is -2.14. The van der Waals surface area contributed by atoms with Crippen molar-refractivity contribution in [1.29, 1.82) is 0 Å². The lowest BCUT2D eigenvalue weighted by molar-refractivity contribution is 0.0533. The summed E-state index contributed by atoms with van der Waals surface area (Å²) in [6.45, 7) is 1.88. The van der Waals surface area contributed by atoms with Gasteiger partial charge in [-0.15, -0.1) is 11.3 Å². The maximum absolute atomic E-state index is 13.3. The smallest absolute Gasteiger partial charge is 0.350 e. The third-order valence-corrected chi connectivity index (χ3v) is 5.26. The van der Waals surface area contributed by atoms with Gasteiger partial charge in [0.1, 0.15) is 4.88 Å². The Labute approximate surface area is 176 Å². The predicted octanol–water partition coefficient (Wildman–Crippen LogP) is 4.40. The summed E-state index contributed by atoms with van der Waals surface area (Å²) in [5.74, 6) is -0.816. The molecular formula is C21H19FN2O5S. The van der Waals surface area contributed by atoms with Crippen molar-refractivity contribution in [2.45, 2.75) is 6.92 Å². The minimum atomic E-state index is -0.774. The summed E-state index contributed by atoms with van der Waals surface area (Å²) in [5, 5.41) is 2.65. The number of esters is 1. The van der Waals surface area contributed by atoms with Gasteiger partial charge in [0.15, 0.2) is 11.5 Å². The van der Waals surface area contributed by atoms with Crippen LogP contribution in [0.25, 0.3) is 10.4 Å². The van der Waals surface area contributed by atoms with Crippen LogP contribution in [0, 0.1) is 5.95 Å². The first-order chi connectivity index (χ1) is 14.5. The number of methoxy groups -OCH3 is 2. The number of benzene rings is 1. The maximum Gasteiger partial charge on any atom is 0.350 e. The van der Waals surface area contributed by atoms with Crippen molar-refractivity contribution in [3.05, 3.63) is 59.0 Å². The number of aromatic nitrogens is 1. The van der Waals surface area contributed by atoms with Gasteiger partial charge in [0.2, 0.25) is 5.95 Å². The van der Waals surface area contributed by atoms with Crippen molar-refractivity contribution in [2.75, 3.05) is 26.1 Å². The van der Waals surface area contributed by atoms with Crippen molar-refractivity contribution in [2.24, 2.45) is 0 Å². The van der Waals surface area contributed by atoms with Gasteiger partial charge < -0.3 is 19.5 Å². The van der Waals surface area contributed by atoms with E-state index >= 15 is 0 Å². The summed E-state index contributed by atoms with van der Waals surface area (Å²) in [6.07, 6.45) is 1.19. The van der Waals surface area contributed by atoms with Crippen molar-refractivity contribution in [3.8, 4) is 21.9 Å². The standard InChI is InChI=1S/C21H19FN2O5S/c1-4-29-21(26)19-14(24-20(25)13-7-8-23-18(22)10-13)11-17(30-19)12-5-6-15(27-2)16(9-12)28-3/h5-11H,4H2,1-3H3,(H,24,25). The van der Waals surface area contributed by atoms with Gasteiger partial charge in [-0.2, -0.15) is 4.39 Å². The Bertz CT molecular complexity index is 1080. The molecule has 0 radical (unpaired) electrons. The largest absolute Gasteiger partial charge is 0.493 e. The fraction of sp³-hybridized carbons (Fsp3) is 0.190. The van der Waals surface area contributed by atoms with Gasteiger partial charge in [-0.25, -0.2) is 9.78 Å². The number of halogens is 1. The van der Waals surface area contributed by atoms with Crippen LogP contribution in [-0.2, 0) is 4.74 Å². The first-order valence-electron chi connectivity index (χ1n) is 8.93. The molecule has 2 aromatic heterocycles. The molecule has 0 unspecified atom stereocenters. The Morgan fingerprint density at radius 1 is 1.10 bits per heavy atom. The third-order valence-electron chi connectivity index (χ3n) is 4.10. The third kappa shape index (κ3) is 4.57. The van der Waals surface area contributed by atoms with Crippen molar-refractivity contribution in [1.82, 2.24) is 4.98 Å². The van der Waals surface area contributed by atoms with Crippen LogP contribution in [-0.4, -0.2) is 37.7 Å². The SMILES string of the molecule is CCOC(=O)c1sc(-c2ccc(OC)c(OC)c2)cc1NC(=O)c1ccnc(F)c1. The summed E-state index contributed by atoms with van der Waals surface area (Å²) in [7, 11) is 3.07. The Morgan fingerprint density at radius 2 is 1.87 bits per heavy atom. The maximum atomic E-state index is 13.3. The quantitative estimate of drug-likeness (QED) is 0.442. The van der Waals surface area contributed by atoms with Crippen LogP contribution in [0.1, 0.15) is 27.0 Å². The monoisotopic (exact) mass is 430 g/mol. The fourth-order valence-electron chi connectivity index (χ4n) is 2.70. The highest BCUT2D eigenvalue weighted by Crippen LogP contribution is 2.39. The summed E-state index contributed by atoms with van der Waals surface area (Å²) < 4.78 is 29.0. The first kappa shape index (κ1) is 21.3. The number of nitrogens with one attached hydrogen (secondary N) is 1.